The van der Waals surface area contributed by atoms with Gasteiger partial charge in [0, 0.05) is 23.9 Å². The van der Waals surface area contributed by atoms with E-state index in [0.29, 0.717) is 24.6 Å². The molecule has 9 heteroatoms. The Balaban J connectivity index is 0.00000300. The lowest BCUT2D eigenvalue weighted by atomic mass is 10.2. The van der Waals surface area contributed by atoms with Crippen LogP contribution in [0.25, 0.3) is 0 Å². The van der Waals surface area contributed by atoms with Gasteiger partial charge in [0.2, 0.25) is 0 Å². The van der Waals surface area contributed by atoms with Crippen molar-refractivity contribution in [2.75, 3.05) is 12.3 Å². The van der Waals surface area contributed by atoms with Crippen LogP contribution in [0.3, 0.4) is 0 Å². The normalized spacial score (nSPS) is 10.8. The van der Waals surface area contributed by atoms with E-state index in [4.69, 9.17) is 26.3 Å². The Kier molecular flexibility index (Phi) is 8.12. The number of benzene rings is 2. The number of nitrogen functional groups attached to an aromatic ring is 1. The summed E-state index contributed by atoms with van der Waals surface area (Å²) in [6, 6.07) is 14.7. The summed E-state index contributed by atoms with van der Waals surface area (Å²) in [5.41, 5.74) is 7.17. The molecule has 1 aromatic heterocycles. The second-order valence-corrected chi connectivity index (χ2v) is 8.09. The van der Waals surface area contributed by atoms with Crippen molar-refractivity contribution >= 4 is 27.4 Å². The van der Waals surface area contributed by atoms with Crippen molar-refractivity contribution in [1.82, 2.24) is 0 Å². The van der Waals surface area contributed by atoms with Crippen LogP contribution in [-0.2, 0) is 16.7 Å². The highest BCUT2D eigenvalue weighted by molar-refractivity contribution is 7.87. The predicted molar refractivity (Wildman–Crippen MR) is 107 cm³/mol. The standard InChI is InChI=1S/C20H19ClN2O4S.HI/c1-15-12-17(26-11-10-23-8-6-16(22)7-9-23)14-18(13-15)27-28(24,25)20-5-3-2-4-19(20)21;/h2-9,12-14,22H,10-11H2,1H3;1H. The van der Waals surface area contributed by atoms with Crippen molar-refractivity contribution < 1.29 is 45.9 Å². The smallest absolute Gasteiger partial charge is 0.340 e. The van der Waals surface area contributed by atoms with Crippen LogP contribution >= 0.6 is 11.6 Å². The Bertz CT molecular complexity index is 1080. The molecular formula is C20H20ClIN2O4S. The third-order valence-corrected chi connectivity index (χ3v) is 5.62. The first kappa shape index (κ1) is 23.2. The van der Waals surface area contributed by atoms with Crippen LogP contribution in [0.4, 0.5) is 5.69 Å². The number of halogens is 2. The minimum absolute atomic E-state index is 0. The lowest BCUT2D eigenvalue weighted by Crippen LogP contribution is -3.00. The number of ether oxygens (including phenoxy) is 1. The van der Waals surface area contributed by atoms with Gasteiger partial charge in [-0.2, -0.15) is 8.42 Å². The molecule has 2 aromatic carbocycles. The Labute approximate surface area is 192 Å². The first-order valence-corrected chi connectivity index (χ1v) is 10.3. The second kappa shape index (κ2) is 10.1. The van der Waals surface area contributed by atoms with E-state index in [9.17, 15) is 8.42 Å². The molecule has 0 aliphatic carbocycles. The lowest BCUT2D eigenvalue weighted by molar-refractivity contribution is -0.697. The quantitative estimate of drug-likeness (QED) is 0.263. The van der Waals surface area contributed by atoms with Crippen molar-refractivity contribution in [3.05, 3.63) is 77.6 Å². The lowest BCUT2D eigenvalue weighted by Gasteiger charge is -2.11. The Morgan fingerprint density at radius 3 is 2.38 bits per heavy atom. The number of aromatic nitrogens is 1. The molecule has 154 valence electrons. The molecule has 0 spiro atoms. The van der Waals surface area contributed by atoms with E-state index in [1.165, 1.54) is 18.2 Å². The topological polar surface area (TPSA) is 82.5 Å². The number of nitrogens with zero attached hydrogens (tertiary/aromatic N) is 1. The largest absolute Gasteiger partial charge is 1.00 e. The number of hydrogen-bond donors (Lipinski definition) is 1. The zero-order valence-corrected chi connectivity index (χ0v) is 19.3. The number of rotatable bonds is 7. The average molecular weight is 547 g/mol. The van der Waals surface area contributed by atoms with Crippen LogP contribution < -0.4 is 43.2 Å². The van der Waals surface area contributed by atoms with Crippen LogP contribution in [0.1, 0.15) is 5.56 Å². The number of aryl methyl sites for hydroxylation is 1. The molecule has 0 aliphatic heterocycles. The van der Waals surface area contributed by atoms with Gasteiger partial charge in [0.15, 0.2) is 18.9 Å². The molecule has 0 bridgehead atoms. The molecule has 3 rings (SSSR count). The molecular weight excluding hydrogens is 527 g/mol. The maximum absolute atomic E-state index is 12.5. The van der Waals surface area contributed by atoms with E-state index in [2.05, 4.69) is 0 Å². The third-order valence-electron chi connectivity index (χ3n) is 3.87. The van der Waals surface area contributed by atoms with Crippen molar-refractivity contribution in [3.8, 4) is 11.5 Å². The highest BCUT2D eigenvalue weighted by Crippen LogP contribution is 2.28. The molecule has 0 fully saturated rings. The SMILES string of the molecule is Cc1cc(OCC[n+]2ccc(N)cc2)cc(OS(=O)(=O)c2ccccc2Cl)c1.[I-]. The summed E-state index contributed by atoms with van der Waals surface area (Å²) < 4.78 is 38.0. The summed E-state index contributed by atoms with van der Waals surface area (Å²) in [6.45, 7) is 2.84. The Morgan fingerprint density at radius 1 is 1.03 bits per heavy atom. The summed E-state index contributed by atoms with van der Waals surface area (Å²) in [7, 11) is -4.05. The zero-order chi connectivity index (χ0) is 20.1. The average Bonchev–Trinajstić information content (AvgIpc) is 2.63. The molecule has 1 heterocycles. The fraction of sp³-hybridized carbons (Fsp3) is 0.150. The van der Waals surface area contributed by atoms with Gasteiger partial charge >= 0.3 is 10.1 Å². The maximum atomic E-state index is 12.5. The van der Waals surface area contributed by atoms with Crippen LogP contribution in [-0.4, -0.2) is 15.0 Å². The molecule has 29 heavy (non-hydrogen) atoms. The Hall–Kier alpha value is -2.04. The molecule has 0 saturated heterocycles. The summed E-state index contributed by atoms with van der Waals surface area (Å²) >= 11 is 5.98. The molecule has 2 N–H and O–H groups in total. The van der Waals surface area contributed by atoms with Gasteiger partial charge in [-0.15, -0.1) is 0 Å². The number of hydrogen-bond acceptors (Lipinski definition) is 5. The predicted octanol–water partition coefficient (Wildman–Crippen LogP) is 0.369. The first-order chi connectivity index (χ1) is 13.3. The summed E-state index contributed by atoms with van der Waals surface area (Å²) in [5.74, 6) is 0.676. The Morgan fingerprint density at radius 2 is 1.69 bits per heavy atom. The molecule has 0 atom stereocenters. The van der Waals surface area contributed by atoms with Crippen molar-refractivity contribution in [2.45, 2.75) is 18.4 Å². The van der Waals surface area contributed by atoms with Crippen LogP contribution in [0.15, 0.2) is 71.9 Å². The molecule has 0 saturated carbocycles. The second-order valence-electron chi connectivity index (χ2n) is 6.17. The first-order valence-electron chi connectivity index (χ1n) is 8.51. The van der Waals surface area contributed by atoms with Gasteiger partial charge in [0.1, 0.15) is 23.0 Å². The summed E-state index contributed by atoms with van der Waals surface area (Å²) in [5, 5.41) is 0.104. The molecule has 0 amide bonds. The molecule has 0 unspecified atom stereocenters. The minimum Gasteiger partial charge on any atom is -1.00 e. The van der Waals surface area contributed by atoms with Gasteiger partial charge in [-0.25, -0.2) is 4.57 Å². The van der Waals surface area contributed by atoms with Gasteiger partial charge < -0.3 is 38.6 Å². The van der Waals surface area contributed by atoms with Gasteiger partial charge in [-0.05, 0) is 36.8 Å². The molecule has 0 aliphatic rings. The van der Waals surface area contributed by atoms with Crippen molar-refractivity contribution in [3.63, 3.8) is 0 Å². The van der Waals surface area contributed by atoms with Gasteiger partial charge in [-0.1, -0.05) is 23.7 Å². The highest BCUT2D eigenvalue weighted by atomic mass is 127. The molecule has 6 nitrogen and oxygen atoms in total. The van der Waals surface area contributed by atoms with E-state index in [0.717, 1.165) is 5.56 Å². The zero-order valence-electron chi connectivity index (χ0n) is 15.6. The van der Waals surface area contributed by atoms with E-state index < -0.39 is 10.1 Å². The number of nitrogens with two attached hydrogens (primary N) is 1. The minimum atomic E-state index is -4.05. The van der Waals surface area contributed by atoms with Crippen molar-refractivity contribution in [2.24, 2.45) is 0 Å². The van der Waals surface area contributed by atoms with E-state index in [1.54, 1.807) is 30.3 Å². The summed E-state index contributed by atoms with van der Waals surface area (Å²) in [6.07, 6.45) is 3.72. The fourth-order valence-corrected chi connectivity index (χ4v) is 3.96. The van der Waals surface area contributed by atoms with E-state index in [1.807, 2.05) is 30.0 Å². The number of pyridine rings is 1. The van der Waals surface area contributed by atoms with Crippen LogP contribution in [0, 0.1) is 6.92 Å². The van der Waals surface area contributed by atoms with Gasteiger partial charge in [0.25, 0.3) is 0 Å². The molecule has 3 aromatic rings. The third kappa shape index (κ3) is 6.48. The van der Waals surface area contributed by atoms with Gasteiger partial charge in [-0.3, -0.25) is 0 Å². The van der Waals surface area contributed by atoms with Gasteiger partial charge in [0.05, 0.1) is 5.02 Å². The van der Waals surface area contributed by atoms with Crippen molar-refractivity contribution in [1.29, 1.82) is 0 Å². The fourth-order valence-electron chi connectivity index (χ4n) is 2.55. The monoisotopic (exact) mass is 546 g/mol. The van der Waals surface area contributed by atoms with E-state index in [-0.39, 0.29) is 39.6 Å². The van der Waals surface area contributed by atoms with E-state index >= 15 is 0 Å². The van der Waals surface area contributed by atoms with Crippen LogP contribution in [0.5, 0.6) is 11.5 Å². The summed E-state index contributed by atoms with van der Waals surface area (Å²) in [4.78, 5) is -0.0830. The number of anilines is 1. The highest BCUT2D eigenvalue weighted by Gasteiger charge is 2.20. The molecule has 0 radical (unpaired) electrons. The maximum Gasteiger partial charge on any atom is 0.340 e. The van der Waals surface area contributed by atoms with Crippen LogP contribution in [0.2, 0.25) is 5.02 Å².